The quantitative estimate of drug-likeness (QED) is 0.442. The number of aromatic nitrogens is 2. The predicted octanol–water partition coefficient (Wildman–Crippen LogP) is 2.88. The van der Waals surface area contributed by atoms with Gasteiger partial charge in [-0.3, -0.25) is 23.7 Å². The van der Waals surface area contributed by atoms with Crippen molar-refractivity contribution >= 4 is 35.2 Å². The lowest BCUT2D eigenvalue weighted by Gasteiger charge is -2.18. The summed E-state index contributed by atoms with van der Waals surface area (Å²) in [5.41, 5.74) is 0.696. The Bertz CT molecular complexity index is 1190. The van der Waals surface area contributed by atoms with Gasteiger partial charge in [0, 0.05) is 48.6 Å². The van der Waals surface area contributed by atoms with Crippen LogP contribution < -0.4 is 16.2 Å². The van der Waals surface area contributed by atoms with Gasteiger partial charge in [0.2, 0.25) is 5.91 Å². The number of halogens is 1. The third-order valence-electron chi connectivity index (χ3n) is 4.70. The lowest BCUT2D eigenvalue weighted by Crippen LogP contribution is -2.38. The molecule has 0 aliphatic heterocycles. The number of hydrogen-bond acceptors (Lipinski definition) is 5. The fraction of sp³-hybridized carbons (Fsp3) is 0.174. The molecule has 3 aromatic rings. The van der Waals surface area contributed by atoms with Gasteiger partial charge in [-0.05, 0) is 48.9 Å². The van der Waals surface area contributed by atoms with E-state index in [1.807, 2.05) is 0 Å². The maximum Gasteiger partial charge on any atom is 0.303 e. The number of carbonyl (C=O) groups excluding carboxylic acids is 2. The second-order valence-corrected chi connectivity index (χ2v) is 7.61. The van der Waals surface area contributed by atoms with Crippen molar-refractivity contribution in [2.45, 2.75) is 25.3 Å². The molecule has 1 unspecified atom stereocenters. The highest BCUT2D eigenvalue weighted by Gasteiger charge is 2.19. The first-order valence-electron chi connectivity index (χ1n) is 10.0. The molecule has 3 N–H and O–H groups in total. The molecule has 0 bridgehead atoms. The highest BCUT2D eigenvalue weighted by atomic mass is 35.5. The van der Waals surface area contributed by atoms with Crippen LogP contribution in [0.5, 0.6) is 0 Å². The normalized spacial score (nSPS) is 11.4. The molecule has 170 valence electrons. The Morgan fingerprint density at radius 2 is 1.82 bits per heavy atom. The lowest BCUT2D eigenvalue weighted by atomic mass is 10.1. The first-order valence-corrected chi connectivity index (χ1v) is 10.4. The number of benzene rings is 1. The molecule has 1 atom stereocenters. The Morgan fingerprint density at radius 1 is 1.06 bits per heavy atom. The van der Waals surface area contributed by atoms with E-state index in [2.05, 4.69) is 15.6 Å². The molecular formula is C23H21ClN4O5. The molecule has 0 spiro atoms. The summed E-state index contributed by atoms with van der Waals surface area (Å²) in [5, 5.41) is 14.7. The second kappa shape index (κ2) is 11.1. The van der Waals surface area contributed by atoms with Gasteiger partial charge in [0.15, 0.2) is 0 Å². The summed E-state index contributed by atoms with van der Waals surface area (Å²) in [5.74, 6) is -1.64. The SMILES string of the molecule is O=C(O)CCC(CC(=O)Nc1ccc(Cl)cn1)NC(=O)c1ccc(-n2ccccc2=O)cc1. The Labute approximate surface area is 194 Å². The Morgan fingerprint density at radius 3 is 2.45 bits per heavy atom. The number of carbonyl (C=O) groups is 3. The minimum atomic E-state index is -1.04. The van der Waals surface area contributed by atoms with Crippen molar-refractivity contribution in [2.24, 2.45) is 0 Å². The molecule has 0 aliphatic rings. The maximum absolute atomic E-state index is 12.7. The van der Waals surface area contributed by atoms with Crippen molar-refractivity contribution in [1.82, 2.24) is 14.9 Å². The number of aliphatic carboxylic acids is 1. The van der Waals surface area contributed by atoms with E-state index in [1.54, 1.807) is 48.7 Å². The van der Waals surface area contributed by atoms with Crippen LogP contribution >= 0.6 is 11.6 Å². The minimum Gasteiger partial charge on any atom is -0.481 e. The van der Waals surface area contributed by atoms with E-state index in [-0.39, 0.29) is 24.8 Å². The fourth-order valence-corrected chi connectivity index (χ4v) is 3.19. The number of pyridine rings is 2. The highest BCUT2D eigenvalue weighted by Crippen LogP contribution is 2.12. The van der Waals surface area contributed by atoms with Gasteiger partial charge in [-0.25, -0.2) is 4.98 Å². The molecule has 0 fully saturated rings. The van der Waals surface area contributed by atoms with Crippen molar-refractivity contribution in [3.8, 4) is 5.69 Å². The third-order valence-corrected chi connectivity index (χ3v) is 4.92. The molecule has 9 nitrogen and oxygen atoms in total. The summed E-state index contributed by atoms with van der Waals surface area (Å²) in [6, 6.07) is 13.5. The van der Waals surface area contributed by atoms with Gasteiger partial charge in [0.25, 0.3) is 11.5 Å². The van der Waals surface area contributed by atoms with Crippen LogP contribution in [0.4, 0.5) is 5.82 Å². The Kier molecular flexibility index (Phi) is 7.93. The van der Waals surface area contributed by atoms with E-state index in [0.29, 0.717) is 22.1 Å². The molecule has 10 heteroatoms. The number of nitrogens with zero attached hydrogens (tertiary/aromatic N) is 2. The molecule has 0 radical (unpaired) electrons. The van der Waals surface area contributed by atoms with Gasteiger partial charge >= 0.3 is 5.97 Å². The standard InChI is InChI=1S/C23H21ClN4O5/c24-16-6-10-19(25-14-16)27-20(29)13-17(7-11-22(31)32)26-23(33)15-4-8-18(9-5-15)28-12-2-1-3-21(28)30/h1-6,8-10,12,14,17H,7,11,13H2,(H,26,33)(H,31,32)(H,25,27,29). The molecule has 1 aromatic carbocycles. The maximum atomic E-state index is 12.7. The monoisotopic (exact) mass is 468 g/mol. The predicted molar refractivity (Wildman–Crippen MR) is 123 cm³/mol. The van der Waals surface area contributed by atoms with E-state index >= 15 is 0 Å². The summed E-state index contributed by atoms with van der Waals surface area (Å²) in [4.78, 5) is 52.0. The van der Waals surface area contributed by atoms with E-state index in [4.69, 9.17) is 16.7 Å². The van der Waals surface area contributed by atoms with Crippen LogP contribution in [0, 0.1) is 0 Å². The van der Waals surface area contributed by atoms with Gasteiger partial charge in [-0.15, -0.1) is 0 Å². The van der Waals surface area contributed by atoms with Crippen LogP contribution in [0.3, 0.4) is 0 Å². The smallest absolute Gasteiger partial charge is 0.303 e. The van der Waals surface area contributed by atoms with Crippen LogP contribution in [0.1, 0.15) is 29.6 Å². The molecule has 3 rings (SSSR count). The van der Waals surface area contributed by atoms with E-state index < -0.39 is 23.8 Å². The Balaban J connectivity index is 1.67. The average Bonchev–Trinajstić information content (AvgIpc) is 2.79. The third kappa shape index (κ3) is 7.01. The van der Waals surface area contributed by atoms with Gasteiger partial charge < -0.3 is 15.7 Å². The molecule has 0 saturated heterocycles. The van der Waals surface area contributed by atoms with Crippen molar-refractivity contribution < 1.29 is 19.5 Å². The number of nitrogens with one attached hydrogen (secondary N) is 2. The van der Waals surface area contributed by atoms with Gasteiger partial charge in [-0.1, -0.05) is 17.7 Å². The number of amides is 2. The van der Waals surface area contributed by atoms with Crippen molar-refractivity contribution in [1.29, 1.82) is 0 Å². The molecule has 2 amide bonds. The van der Waals surface area contributed by atoms with Gasteiger partial charge in [0.1, 0.15) is 5.82 Å². The molecule has 0 aliphatic carbocycles. The summed E-state index contributed by atoms with van der Waals surface area (Å²) < 4.78 is 1.44. The van der Waals surface area contributed by atoms with Gasteiger partial charge in [-0.2, -0.15) is 0 Å². The molecule has 0 saturated carbocycles. The molecule has 2 heterocycles. The lowest BCUT2D eigenvalue weighted by molar-refractivity contribution is -0.137. The average molecular weight is 469 g/mol. The topological polar surface area (TPSA) is 130 Å². The minimum absolute atomic E-state index is 0.0695. The molecule has 2 aromatic heterocycles. The van der Waals surface area contributed by atoms with Crippen LogP contribution in [0.25, 0.3) is 5.69 Å². The van der Waals surface area contributed by atoms with Gasteiger partial charge in [0.05, 0.1) is 5.02 Å². The van der Waals surface area contributed by atoms with Crippen LogP contribution in [0.2, 0.25) is 5.02 Å². The summed E-state index contributed by atoms with van der Waals surface area (Å²) in [7, 11) is 0. The molecule has 33 heavy (non-hydrogen) atoms. The first-order chi connectivity index (χ1) is 15.8. The number of rotatable bonds is 9. The highest BCUT2D eigenvalue weighted by molar-refractivity contribution is 6.30. The number of anilines is 1. The summed E-state index contributed by atoms with van der Waals surface area (Å²) >= 11 is 5.78. The zero-order valence-electron chi connectivity index (χ0n) is 17.4. The molecular weight excluding hydrogens is 448 g/mol. The van der Waals surface area contributed by atoms with Crippen LogP contribution in [0.15, 0.2) is 71.8 Å². The van der Waals surface area contributed by atoms with Crippen molar-refractivity contribution in [3.05, 3.63) is 87.9 Å². The van der Waals surface area contributed by atoms with E-state index in [9.17, 15) is 19.2 Å². The fourth-order valence-electron chi connectivity index (χ4n) is 3.07. The second-order valence-electron chi connectivity index (χ2n) is 7.17. The number of carboxylic acids is 1. The number of carboxylic acid groups (broad SMARTS) is 1. The first kappa shape index (κ1) is 23.7. The Hall–Kier alpha value is -3.98. The van der Waals surface area contributed by atoms with Crippen molar-refractivity contribution in [3.63, 3.8) is 0 Å². The van der Waals surface area contributed by atoms with Crippen LogP contribution in [-0.4, -0.2) is 38.5 Å². The zero-order valence-corrected chi connectivity index (χ0v) is 18.2. The number of hydrogen-bond donors (Lipinski definition) is 3. The zero-order chi connectivity index (χ0) is 23.8. The summed E-state index contributed by atoms with van der Waals surface area (Å²) in [6.07, 6.45) is 2.72. The summed E-state index contributed by atoms with van der Waals surface area (Å²) in [6.45, 7) is 0. The van der Waals surface area contributed by atoms with Crippen molar-refractivity contribution in [2.75, 3.05) is 5.32 Å². The van der Waals surface area contributed by atoms with Crippen LogP contribution in [-0.2, 0) is 9.59 Å². The van der Waals surface area contributed by atoms with E-state index in [0.717, 1.165) is 0 Å². The van der Waals surface area contributed by atoms with E-state index in [1.165, 1.54) is 22.9 Å². The largest absolute Gasteiger partial charge is 0.481 e.